The Morgan fingerprint density at radius 3 is 2.67 bits per heavy atom. The van der Waals surface area contributed by atoms with Crippen LogP contribution >= 0.6 is 0 Å². The molecule has 0 N–H and O–H groups in total. The van der Waals surface area contributed by atoms with Crippen molar-refractivity contribution in [2.45, 2.75) is 32.7 Å². The highest BCUT2D eigenvalue weighted by Gasteiger charge is 2.26. The van der Waals surface area contributed by atoms with E-state index in [1.807, 2.05) is 0 Å². The summed E-state index contributed by atoms with van der Waals surface area (Å²) in [7, 11) is 0. The molecule has 1 heterocycles. The molecule has 1 saturated heterocycles. The molecule has 0 amide bonds. The van der Waals surface area contributed by atoms with Gasteiger partial charge in [0.1, 0.15) is 5.82 Å². The summed E-state index contributed by atoms with van der Waals surface area (Å²) in [5, 5.41) is 0. The first-order valence-electron chi connectivity index (χ1n) is 6.60. The van der Waals surface area contributed by atoms with Gasteiger partial charge in [0.15, 0.2) is 5.78 Å². The van der Waals surface area contributed by atoms with E-state index in [-0.39, 0.29) is 11.6 Å². The van der Waals surface area contributed by atoms with Gasteiger partial charge < -0.3 is 0 Å². The first-order valence-corrected chi connectivity index (χ1v) is 6.60. The summed E-state index contributed by atoms with van der Waals surface area (Å²) >= 11 is 0. The molecule has 0 spiro atoms. The number of piperidine rings is 1. The van der Waals surface area contributed by atoms with Crippen LogP contribution < -0.4 is 0 Å². The van der Waals surface area contributed by atoms with Crippen LogP contribution in [0.5, 0.6) is 0 Å². The molecule has 0 radical (unpaired) electrons. The number of Topliss-reactive ketones (excluding diaryl/α,β-unsaturated/α-hetero) is 1. The van der Waals surface area contributed by atoms with Gasteiger partial charge in [-0.1, -0.05) is 6.92 Å². The van der Waals surface area contributed by atoms with Crippen LogP contribution in [0.1, 0.15) is 37.0 Å². The minimum absolute atomic E-state index is 0.0796. The van der Waals surface area contributed by atoms with Crippen molar-refractivity contribution in [3.63, 3.8) is 0 Å². The Morgan fingerprint density at radius 1 is 1.33 bits per heavy atom. The molecule has 18 heavy (non-hydrogen) atoms. The molecule has 0 aliphatic carbocycles. The molecule has 1 aliphatic rings. The van der Waals surface area contributed by atoms with Crippen molar-refractivity contribution in [2.24, 2.45) is 5.92 Å². The normalized spacial score (nSPS) is 25.1. The standard InChI is InChI=1S/C15H20FNO/c1-11-4-3-9-17(12(11)2)10-15(18)13-5-7-14(16)8-6-13/h5-8,11-12H,3-4,9-10H2,1-2H3. The van der Waals surface area contributed by atoms with Crippen molar-refractivity contribution in [3.8, 4) is 0 Å². The summed E-state index contributed by atoms with van der Waals surface area (Å²) in [6.45, 7) is 5.84. The van der Waals surface area contributed by atoms with E-state index in [9.17, 15) is 9.18 Å². The molecule has 2 unspecified atom stereocenters. The molecule has 2 rings (SSSR count). The largest absolute Gasteiger partial charge is 0.293 e. The molecular weight excluding hydrogens is 229 g/mol. The lowest BCUT2D eigenvalue weighted by Crippen LogP contribution is -2.44. The summed E-state index contributed by atoms with van der Waals surface area (Å²) < 4.78 is 12.8. The Balaban J connectivity index is 2.00. The van der Waals surface area contributed by atoms with Crippen LogP contribution in [0.4, 0.5) is 4.39 Å². The van der Waals surface area contributed by atoms with Crippen molar-refractivity contribution in [2.75, 3.05) is 13.1 Å². The third-order valence-corrected chi connectivity index (χ3v) is 4.02. The molecule has 98 valence electrons. The van der Waals surface area contributed by atoms with Crippen LogP contribution in [-0.2, 0) is 0 Å². The first kappa shape index (κ1) is 13.2. The zero-order valence-electron chi connectivity index (χ0n) is 11.0. The lowest BCUT2D eigenvalue weighted by atomic mass is 9.91. The van der Waals surface area contributed by atoms with E-state index in [2.05, 4.69) is 18.7 Å². The number of hydrogen-bond acceptors (Lipinski definition) is 2. The van der Waals surface area contributed by atoms with Crippen LogP contribution in [-0.4, -0.2) is 29.8 Å². The Hall–Kier alpha value is -1.22. The maximum Gasteiger partial charge on any atom is 0.176 e. The van der Waals surface area contributed by atoms with E-state index in [1.165, 1.54) is 18.6 Å². The predicted molar refractivity (Wildman–Crippen MR) is 70.2 cm³/mol. The second-order valence-corrected chi connectivity index (χ2v) is 5.26. The maximum atomic E-state index is 12.8. The molecule has 0 aromatic heterocycles. The van der Waals surface area contributed by atoms with E-state index in [4.69, 9.17) is 0 Å². The van der Waals surface area contributed by atoms with Crippen molar-refractivity contribution >= 4 is 5.78 Å². The van der Waals surface area contributed by atoms with Crippen LogP contribution in [0, 0.1) is 11.7 Å². The SMILES string of the molecule is CC1CCCN(CC(=O)c2ccc(F)cc2)C1C. The van der Waals surface area contributed by atoms with Crippen molar-refractivity contribution in [1.29, 1.82) is 0 Å². The van der Waals surface area contributed by atoms with Crippen LogP contribution in [0.2, 0.25) is 0 Å². The number of rotatable bonds is 3. The summed E-state index contributed by atoms with van der Waals surface area (Å²) in [4.78, 5) is 14.3. The molecule has 2 nitrogen and oxygen atoms in total. The molecule has 0 saturated carbocycles. The number of ketones is 1. The van der Waals surface area contributed by atoms with E-state index >= 15 is 0 Å². The minimum atomic E-state index is -0.300. The van der Waals surface area contributed by atoms with Crippen molar-refractivity contribution < 1.29 is 9.18 Å². The van der Waals surface area contributed by atoms with Crippen LogP contribution in [0.3, 0.4) is 0 Å². The van der Waals surface area contributed by atoms with Gasteiger partial charge in [-0.15, -0.1) is 0 Å². The van der Waals surface area contributed by atoms with Gasteiger partial charge in [0.25, 0.3) is 0 Å². The van der Waals surface area contributed by atoms with Crippen LogP contribution in [0.15, 0.2) is 24.3 Å². The number of benzene rings is 1. The zero-order chi connectivity index (χ0) is 13.1. The summed E-state index contributed by atoms with van der Waals surface area (Å²) in [5.41, 5.74) is 0.599. The topological polar surface area (TPSA) is 20.3 Å². The Bertz CT molecular complexity index is 415. The first-order chi connectivity index (χ1) is 8.58. The predicted octanol–water partition coefficient (Wildman–Crippen LogP) is 3.13. The number of nitrogens with zero attached hydrogens (tertiary/aromatic N) is 1. The lowest BCUT2D eigenvalue weighted by molar-refractivity contribution is 0.0779. The van der Waals surface area contributed by atoms with E-state index in [1.54, 1.807) is 12.1 Å². The van der Waals surface area contributed by atoms with Gasteiger partial charge in [0.05, 0.1) is 6.54 Å². The maximum absolute atomic E-state index is 12.8. The van der Waals surface area contributed by atoms with Gasteiger partial charge in [-0.3, -0.25) is 9.69 Å². The van der Waals surface area contributed by atoms with Gasteiger partial charge in [0.2, 0.25) is 0 Å². The van der Waals surface area contributed by atoms with E-state index in [0.29, 0.717) is 24.1 Å². The number of likely N-dealkylation sites (tertiary alicyclic amines) is 1. The summed E-state index contributed by atoms with van der Waals surface area (Å²) in [6.07, 6.45) is 2.39. The van der Waals surface area contributed by atoms with Gasteiger partial charge in [0, 0.05) is 11.6 Å². The van der Waals surface area contributed by atoms with E-state index < -0.39 is 0 Å². The highest BCUT2D eigenvalue weighted by molar-refractivity contribution is 5.97. The van der Waals surface area contributed by atoms with E-state index in [0.717, 1.165) is 13.0 Å². The second-order valence-electron chi connectivity index (χ2n) is 5.26. The lowest BCUT2D eigenvalue weighted by Gasteiger charge is -2.37. The molecule has 1 fully saturated rings. The molecule has 3 heteroatoms. The number of hydrogen-bond donors (Lipinski definition) is 0. The van der Waals surface area contributed by atoms with Gasteiger partial charge in [-0.25, -0.2) is 4.39 Å². The molecule has 1 aromatic rings. The minimum Gasteiger partial charge on any atom is -0.293 e. The quantitative estimate of drug-likeness (QED) is 0.767. The number of carbonyl (C=O) groups is 1. The monoisotopic (exact) mass is 249 g/mol. The van der Waals surface area contributed by atoms with Crippen LogP contribution in [0.25, 0.3) is 0 Å². The average molecular weight is 249 g/mol. The summed E-state index contributed by atoms with van der Waals surface area (Å²) in [5.74, 6) is 0.419. The highest BCUT2D eigenvalue weighted by atomic mass is 19.1. The Morgan fingerprint density at radius 2 is 2.00 bits per heavy atom. The number of carbonyl (C=O) groups excluding carboxylic acids is 1. The molecule has 2 atom stereocenters. The fraction of sp³-hybridized carbons (Fsp3) is 0.533. The zero-order valence-corrected chi connectivity index (χ0v) is 11.0. The molecule has 1 aliphatic heterocycles. The smallest absolute Gasteiger partial charge is 0.176 e. The highest BCUT2D eigenvalue weighted by Crippen LogP contribution is 2.22. The molecule has 0 bridgehead atoms. The van der Waals surface area contributed by atoms with Gasteiger partial charge in [-0.05, 0) is 56.5 Å². The molecular formula is C15H20FNO. The Labute approximate surface area is 108 Å². The van der Waals surface area contributed by atoms with Crippen molar-refractivity contribution in [1.82, 2.24) is 4.90 Å². The average Bonchev–Trinajstić information content (AvgIpc) is 2.36. The fourth-order valence-corrected chi connectivity index (χ4v) is 2.56. The van der Waals surface area contributed by atoms with Gasteiger partial charge in [-0.2, -0.15) is 0 Å². The molecule has 1 aromatic carbocycles. The summed E-state index contributed by atoms with van der Waals surface area (Å²) in [6, 6.07) is 6.26. The second kappa shape index (κ2) is 5.61. The van der Waals surface area contributed by atoms with Gasteiger partial charge >= 0.3 is 0 Å². The fourth-order valence-electron chi connectivity index (χ4n) is 2.56. The third-order valence-electron chi connectivity index (χ3n) is 4.02. The Kier molecular flexibility index (Phi) is 4.12. The van der Waals surface area contributed by atoms with Crippen molar-refractivity contribution in [3.05, 3.63) is 35.6 Å². The number of halogens is 1. The third kappa shape index (κ3) is 2.96.